The van der Waals surface area contributed by atoms with Gasteiger partial charge in [-0.05, 0) is 87.0 Å². The van der Waals surface area contributed by atoms with Gasteiger partial charge in [0.15, 0.2) is 0 Å². The van der Waals surface area contributed by atoms with E-state index in [1.165, 1.54) is 43.8 Å². The summed E-state index contributed by atoms with van der Waals surface area (Å²) in [5.41, 5.74) is 5.83. The average Bonchev–Trinajstić information content (AvgIpc) is 3.34. The molecule has 0 radical (unpaired) electrons. The maximum absolute atomic E-state index is 6.30. The Hall–Kier alpha value is -2.57. The first-order valence-corrected chi connectivity index (χ1v) is 12.5. The number of allylic oxidation sites excluding steroid dienone is 7. The zero-order chi connectivity index (χ0) is 22.7. The Bertz CT molecular complexity index is 1250. The summed E-state index contributed by atoms with van der Waals surface area (Å²) >= 11 is 6.30. The Kier molecular flexibility index (Phi) is 7.01. The molecule has 3 aromatic carbocycles. The monoisotopic (exact) mass is 440 g/mol. The number of halogens is 1. The summed E-state index contributed by atoms with van der Waals surface area (Å²) in [5.74, 6) is 1.16. The summed E-state index contributed by atoms with van der Waals surface area (Å²) < 4.78 is 0. The maximum atomic E-state index is 6.30. The van der Waals surface area contributed by atoms with E-state index in [9.17, 15) is 0 Å². The minimum Gasteiger partial charge on any atom is -0.0843 e. The summed E-state index contributed by atoms with van der Waals surface area (Å²) in [5, 5.41) is 6.00. The number of rotatable bonds is 1. The van der Waals surface area contributed by atoms with Gasteiger partial charge in [-0.25, -0.2) is 0 Å². The van der Waals surface area contributed by atoms with Crippen LogP contribution in [0.3, 0.4) is 0 Å². The summed E-state index contributed by atoms with van der Waals surface area (Å²) in [6.07, 6.45) is 17.7. The van der Waals surface area contributed by atoms with Gasteiger partial charge in [0, 0.05) is 5.02 Å². The molecule has 32 heavy (non-hydrogen) atoms. The first-order valence-electron chi connectivity index (χ1n) is 12.2. The van der Waals surface area contributed by atoms with Gasteiger partial charge in [0.1, 0.15) is 0 Å². The molecule has 0 N–H and O–H groups in total. The van der Waals surface area contributed by atoms with Crippen LogP contribution in [0, 0.1) is 11.8 Å². The lowest BCUT2D eigenvalue weighted by Crippen LogP contribution is -2.18. The molecule has 0 amide bonds. The third-order valence-corrected chi connectivity index (χ3v) is 6.91. The Balaban J connectivity index is 0.000000582. The summed E-state index contributed by atoms with van der Waals surface area (Å²) in [6, 6.07) is 15.3. The Labute approximate surface area is 198 Å². The molecule has 2 atom stereocenters. The molecule has 6 rings (SSSR count). The molecule has 3 aromatic rings. The molecule has 3 aliphatic carbocycles. The number of fused-ring (bicyclic) bond motifs is 6. The molecule has 164 valence electrons. The van der Waals surface area contributed by atoms with E-state index in [1.807, 2.05) is 33.8 Å². The van der Waals surface area contributed by atoms with Crippen LogP contribution < -0.4 is 0 Å². The van der Waals surface area contributed by atoms with Crippen molar-refractivity contribution < 1.29 is 0 Å². The molecule has 0 saturated carbocycles. The molecule has 0 aromatic heterocycles. The molecular formula is C31H33Cl. The average molecular weight is 441 g/mol. The van der Waals surface area contributed by atoms with Crippen molar-refractivity contribution in [3.05, 3.63) is 100 Å². The molecule has 0 fully saturated rings. The number of hydrogen-bond acceptors (Lipinski definition) is 0. The van der Waals surface area contributed by atoms with Crippen molar-refractivity contribution in [2.45, 2.75) is 47.0 Å². The second kappa shape index (κ2) is 9.92. The van der Waals surface area contributed by atoms with Crippen LogP contribution in [0.15, 0.2) is 84.0 Å². The van der Waals surface area contributed by atoms with Crippen molar-refractivity contribution in [3.8, 4) is 0 Å². The Morgan fingerprint density at radius 3 is 2.44 bits per heavy atom. The van der Waals surface area contributed by atoms with Gasteiger partial charge in [0.25, 0.3) is 0 Å². The zero-order valence-electron chi connectivity index (χ0n) is 19.7. The van der Waals surface area contributed by atoms with Crippen molar-refractivity contribution in [1.82, 2.24) is 0 Å². The van der Waals surface area contributed by atoms with E-state index >= 15 is 0 Å². The molecule has 0 saturated heterocycles. The molecule has 2 unspecified atom stereocenters. The van der Waals surface area contributed by atoms with Crippen LogP contribution in [-0.4, -0.2) is 0 Å². The molecule has 1 heteroatoms. The van der Waals surface area contributed by atoms with Gasteiger partial charge >= 0.3 is 0 Å². The largest absolute Gasteiger partial charge is 0.0843 e. The third kappa shape index (κ3) is 4.09. The van der Waals surface area contributed by atoms with Crippen LogP contribution in [0.2, 0.25) is 5.02 Å². The fourth-order valence-corrected chi connectivity index (χ4v) is 5.35. The standard InChI is InChI=1S/C27H21Cl.2C2H6/c28-23-11-8-19-10-12-24-25(27(19)16-23)13-9-18-5-7-22(15-26(18)24)21-6-4-17-2-1-3-20(17)14-21;2*1-2/h1,3-5,7-14,16,21-22H,2,6,15H2;2*1-2H3. The van der Waals surface area contributed by atoms with Crippen LogP contribution in [0.4, 0.5) is 0 Å². The lowest BCUT2D eigenvalue weighted by Gasteiger charge is -2.29. The predicted molar refractivity (Wildman–Crippen MR) is 143 cm³/mol. The molecule has 0 bridgehead atoms. The summed E-state index contributed by atoms with van der Waals surface area (Å²) in [4.78, 5) is 0. The van der Waals surface area contributed by atoms with Crippen molar-refractivity contribution in [2.24, 2.45) is 11.8 Å². The van der Waals surface area contributed by atoms with Gasteiger partial charge in [-0.1, -0.05) is 106 Å². The minimum atomic E-state index is 0.562. The fourth-order valence-electron chi connectivity index (χ4n) is 5.17. The summed E-state index contributed by atoms with van der Waals surface area (Å²) in [7, 11) is 0. The smallest absolute Gasteiger partial charge is 0.0412 e. The normalized spacial score (nSPS) is 20.4. The molecule has 0 aliphatic heterocycles. The van der Waals surface area contributed by atoms with E-state index in [-0.39, 0.29) is 0 Å². The Morgan fingerprint density at radius 2 is 1.59 bits per heavy atom. The second-order valence-corrected chi connectivity index (χ2v) is 8.68. The van der Waals surface area contributed by atoms with Crippen LogP contribution in [0.1, 0.15) is 51.7 Å². The highest BCUT2D eigenvalue weighted by Gasteiger charge is 2.26. The Morgan fingerprint density at radius 1 is 0.812 bits per heavy atom. The van der Waals surface area contributed by atoms with E-state index in [4.69, 9.17) is 11.6 Å². The van der Waals surface area contributed by atoms with E-state index in [2.05, 4.69) is 72.9 Å². The van der Waals surface area contributed by atoms with Gasteiger partial charge < -0.3 is 0 Å². The lowest BCUT2D eigenvalue weighted by atomic mass is 9.76. The van der Waals surface area contributed by atoms with Crippen molar-refractivity contribution in [2.75, 3.05) is 0 Å². The molecule has 3 aliphatic rings. The van der Waals surface area contributed by atoms with Gasteiger partial charge in [0.2, 0.25) is 0 Å². The lowest BCUT2D eigenvalue weighted by molar-refractivity contribution is 0.469. The van der Waals surface area contributed by atoms with Crippen LogP contribution >= 0.6 is 11.6 Å². The second-order valence-electron chi connectivity index (χ2n) is 8.24. The van der Waals surface area contributed by atoms with Gasteiger partial charge in [-0.15, -0.1) is 0 Å². The van der Waals surface area contributed by atoms with E-state index < -0.39 is 0 Å². The SMILES string of the molecule is CC.CC.Clc1ccc2ccc3c4c(ccc3c2c1)C=CC(C1C=C2C=CCC2=CC1)C4. The quantitative estimate of drug-likeness (QED) is 0.330. The first kappa shape index (κ1) is 22.6. The van der Waals surface area contributed by atoms with Crippen molar-refractivity contribution in [1.29, 1.82) is 0 Å². The highest BCUT2D eigenvalue weighted by molar-refractivity contribution is 6.31. The van der Waals surface area contributed by atoms with Crippen LogP contribution in [0.25, 0.3) is 27.6 Å². The minimum absolute atomic E-state index is 0.562. The van der Waals surface area contributed by atoms with Gasteiger partial charge in [-0.3, -0.25) is 0 Å². The summed E-state index contributed by atoms with van der Waals surface area (Å²) in [6.45, 7) is 8.00. The van der Waals surface area contributed by atoms with Crippen molar-refractivity contribution in [3.63, 3.8) is 0 Å². The van der Waals surface area contributed by atoms with Crippen molar-refractivity contribution >= 4 is 39.2 Å². The number of hydrogen-bond donors (Lipinski definition) is 0. The van der Waals surface area contributed by atoms with Crippen LogP contribution in [-0.2, 0) is 6.42 Å². The highest BCUT2D eigenvalue weighted by atomic mass is 35.5. The molecule has 0 nitrogen and oxygen atoms in total. The van der Waals surface area contributed by atoms with E-state index in [1.54, 1.807) is 0 Å². The first-order chi connectivity index (χ1) is 15.8. The van der Waals surface area contributed by atoms with E-state index in [0.717, 1.165) is 24.3 Å². The van der Waals surface area contributed by atoms with E-state index in [0.29, 0.717) is 11.8 Å². The topological polar surface area (TPSA) is 0 Å². The number of benzene rings is 3. The predicted octanol–water partition coefficient (Wildman–Crippen LogP) is 9.72. The molecular weight excluding hydrogens is 408 g/mol. The third-order valence-electron chi connectivity index (χ3n) is 6.68. The van der Waals surface area contributed by atoms with Gasteiger partial charge in [-0.2, -0.15) is 0 Å². The fraction of sp³-hybridized carbons (Fsp3) is 0.290. The van der Waals surface area contributed by atoms with Gasteiger partial charge in [0.05, 0.1) is 0 Å². The highest BCUT2D eigenvalue weighted by Crippen LogP contribution is 2.40. The maximum Gasteiger partial charge on any atom is 0.0412 e. The molecule has 0 spiro atoms. The zero-order valence-corrected chi connectivity index (χ0v) is 20.4. The molecule has 0 heterocycles. The van der Waals surface area contributed by atoms with Crippen LogP contribution in [0.5, 0.6) is 0 Å².